The normalized spacial score (nSPS) is 18.6. The average Bonchev–Trinajstić information content (AvgIpc) is 2.94. The van der Waals surface area contributed by atoms with Gasteiger partial charge in [0.25, 0.3) is 0 Å². The Morgan fingerprint density at radius 1 is 1.26 bits per heavy atom. The third kappa shape index (κ3) is 2.73. The van der Waals surface area contributed by atoms with Crippen molar-refractivity contribution in [2.45, 2.75) is 32.2 Å². The molecule has 2 aromatic rings. The molecular weight excluding hydrogens is 236 g/mol. The number of rotatable bonds is 4. The second kappa shape index (κ2) is 5.61. The quantitative estimate of drug-likeness (QED) is 0.915. The fourth-order valence-corrected chi connectivity index (χ4v) is 2.83. The van der Waals surface area contributed by atoms with Crippen molar-refractivity contribution in [3.05, 3.63) is 30.6 Å². The van der Waals surface area contributed by atoms with Crippen LogP contribution in [0.2, 0.25) is 0 Å². The summed E-state index contributed by atoms with van der Waals surface area (Å²) in [5.41, 5.74) is 0.996. The van der Waals surface area contributed by atoms with Gasteiger partial charge in [-0.3, -0.25) is 9.30 Å². The van der Waals surface area contributed by atoms with Crippen LogP contribution in [-0.4, -0.2) is 40.0 Å². The van der Waals surface area contributed by atoms with E-state index in [0.29, 0.717) is 6.04 Å². The number of imidazole rings is 1. The summed E-state index contributed by atoms with van der Waals surface area (Å²) in [4.78, 5) is 6.90. The monoisotopic (exact) mass is 258 g/mol. The first-order valence-electron chi connectivity index (χ1n) is 7.24. The van der Waals surface area contributed by atoms with E-state index in [4.69, 9.17) is 0 Å². The summed E-state index contributed by atoms with van der Waals surface area (Å²) in [6.45, 7) is 5.79. The number of likely N-dealkylation sites (tertiary alicyclic amines) is 1. The molecule has 0 radical (unpaired) electrons. The van der Waals surface area contributed by atoms with Gasteiger partial charge in [0.15, 0.2) is 0 Å². The van der Waals surface area contributed by atoms with Gasteiger partial charge in [0.1, 0.15) is 11.5 Å². The van der Waals surface area contributed by atoms with Crippen LogP contribution in [0.3, 0.4) is 0 Å². The van der Waals surface area contributed by atoms with E-state index >= 15 is 0 Å². The number of anilines is 1. The number of piperidine rings is 1. The minimum Gasteiger partial charge on any atom is -0.370 e. The zero-order valence-electron chi connectivity index (χ0n) is 11.5. The predicted octanol–water partition coefficient (Wildman–Crippen LogP) is 2.62. The van der Waals surface area contributed by atoms with Crippen molar-refractivity contribution in [1.82, 2.24) is 14.3 Å². The lowest BCUT2D eigenvalue weighted by molar-refractivity contribution is 0.180. The van der Waals surface area contributed by atoms with Crippen molar-refractivity contribution in [2.24, 2.45) is 0 Å². The molecule has 1 N–H and O–H groups in total. The lowest BCUT2D eigenvalue weighted by Gasteiger charge is -2.32. The van der Waals surface area contributed by atoms with E-state index in [9.17, 15) is 0 Å². The molecule has 1 fully saturated rings. The molecule has 1 unspecified atom stereocenters. The van der Waals surface area contributed by atoms with Crippen molar-refractivity contribution in [1.29, 1.82) is 0 Å². The Hall–Kier alpha value is -1.55. The number of hydrogen-bond donors (Lipinski definition) is 1. The van der Waals surface area contributed by atoms with Crippen LogP contribution in [-0.2, 0) is 0 Å². The molecule has 1 atom stereocenters. The first kappa shape index (κ1) is 12.5. The number of pyridine rings is 1. The van der Waals surface area contributed by atoms with Crippen LogP contribution in [0.5, 0.6) is 0 Å². The lowest BCUT2D eigenvalue weighted by Crippen LogP contribution is -2.41. The first-order valence-corrected chi connectivity index (χ1v) is 7.24. The van der Waals surface area contributed by atoms with Gasteiger partial charge in [0.05, 0.1) is 0 Å². The van der Waals surface area contributed by atoms with E-state index in [0.717, 1.165) is 18.0 Å². The molecule has 1 aliphatic heterocycles. The number of hydrogen-bond acceptors (Lipinski definition) is 3. The topological polar surface area (TPSA) is 32.6 Å². The van der Waals surface area contributed by atoms with E-state index in [1.807, 2.05) is 18.5 Å². The molecule has 3 rings (SSSR count). The SMILES string of the molecule is CC(CNc1cccc2nccn12)N1CCCCC1. The number of nitrogens with one attached hydrogen (secondary N) is 1. The minimum absolute atomic E-state index is 0.582. The third-order valence-corrected chi connectivity index (χ3v) is 4.02. The predicted molar refractivity (Wildman–Crippen MR) is 78.6 cm³/mol. The Kier molecular flexibility index (Phi) is 3.69. The van der Waals surface area contributed by atoms with Gasteiger partial charge in [-0.1, -0.05) is 12.5 Å². The van der Waals surface area contributed by atoms with E-state index in [-0.39, 0.29) is 0 Å². The molecule has 19 heavy (non-hydrogen) atoms. The molecule has 0 aliphatic carbocycles. The second-order valence-electron chi connectivity index (χ2n) is 5.39. The van der Waals surface area contributed by atoms with Crippen molar-refractivity contribution >= 4 is 11.5 Å². The number of aromatic nitrogens is 2. The molecule has 4 heteroatoms. The third-order valence-electron chi connectivity index (χ3n) is 4.02. The summed E-state index contributed by atoms with van der Waals surface area (Å²) < 4.78 is 2.10. The number of nitrogens with zero attached hydrogens (tertiary/aromatic N) is 3. The van der Waals surface area contributed by atoms with E-state index in [2.05, 4.69) is 38.7 Å². The van der Waals surface area contributed by atoms with Crippen LogP contribution in [0, 0.1) is 0 Å². The van der Waals surface area contributed by atoms with Crippen molar-refractivity contribution < 1.29 is 0 Å². The maximum atomic E-state index is 4.31. The highest BCUT2D eigenvalue weighted by molar-refractivity contribution is 5.49. The Balaban J connectivity index is 1.63. The molecule has 3 heterocycles. The fraction of sp³-hybridized carbons (Fsp3) is 0.533. The van der Waals surface area contributed by atoms with Gasteiger partial charge >= 0.3 is 0 Å². The van der Waals surface area contributed by atoms with Crippen LogP contribution in [0.1, 0.15) is 26.2 Å². The molecule has 0 amide bonds. The van der Waals surface area contributed by atoms with Gasteiger partial charge in [0, 0.05) is 25.0 Å². The van der Waals surface area contributed by atoms with Crippen LogP contribution in [0.25, 0.3) is 5.65 Å². The Morgan fingerprint density at radius 3 is 2.95 bits per heavy atom. The van der Waals surface area contributed by atoms with Crippen LogP contribution >= 0.6 is 0 Å². The zero-order chi connectivity index (χ0) is 13.1. The molecule has 4 nitrogen and oxygen atoms in total. The smallest absolute Gasteiger partial charge is 0.138 e. The highest BCUT2D eigenvalue weighted by Crippen LogP contribution is 2.14. The molecule has 1 saturated heterocycles. The summed E-state index contributed by atoms with van der Waals surface area (Å²) in [6, 6.07) is 6.77. The minimum atomic E-state index is 0.582. The van der Waals surface area contributed by atoms with E-state index in [1.165, 1.54) is 32.4 Å². The Labute approximate surface area is 114 Å². The highest BCUT2D eigenvalue weighted by Gasteiger charge is 2.16. The van der Waals surface area contributed by atoms with E-state index < -0.39 is 0 Å². The molecule has 102 valence electrons. The van der Waals surface area contributed by atoms with Crippen molar-refractivity contribution in [3.8, 4) is 0 Å². The lowest BCUT2D eigenvalue weighted by atomic mass is 10.1. The maximum Gasteiger partial charge on any atom is 0.138 e. The van der Waals surface area contributed by atoms with Crippen molar-refractivity contribution in [2.75, 3.05) is 25.0 Å². The molecule has 1 aliphatic rings. The van der Waals surface area contributed by atoms with Crippen LogP contribution in [0.4, 0.5) is 5.82 Å². The van der Waals surface area contributed by atoms with Crippen LogP contribution in [0.15, 0.2) is 30.6 Å². The largest absolute Gasteiger partial charge is 0.370 e. The molecule has 0 spiro atoms. The average molecular weight is 258 g/mol. The fourth-order valence-electron chi connectivity index (χ4n) is 2.83. The molecule has 0 aromatic carbocycles. The van der Waals surface area contributed by atoms with Crippen molar-refractivity contribution in [3.63, 3.8) is 0 Å². The van der Waals surface area contributed by atoms with Gasteiger partial charge in [-0.15, -0.1) is 0 Å². The molecular formula is C15H22N4. The first-order chi connectivity index (χ1) is 9.34. The Bertz CT molecular complexity index is 528. The van der Waals surface area contributed by atoms with Gasteiger partial charge in [-0.05, 0) is 45.0 Å². The maximum absolute atomic E-state index is 4.31. The number of fused-ring (bicyclic) bond motifs is 1. The van der Waals surface area contributed by atoms with Crippen LogP contribution < -0.4 is 5.32 Å². The standard InChI is InChI=1S/C15H22N4/c1-13(18-9-3-2-4-10-18)12-17-15-7-5-6-14-16-8-11-19(14)15/h5-8,11,13,17H,2-4,9-10,12H2,1H3. The summed E-state index contributed by atoms with van der Waals surface area (Å²) in [5.74, 6) is 1.12. The molecule has 0 bridgehead atoms. The van der Waals surface area contributed by atoms with E-state index in [1.54, 1.807) is 0 Å². The van der Waals surface area contributed by atoms with Gasteiger partial charge in [-0.2, -0.15) is 0 Å². The summed E-state index contributed by atoms with van der Waals surface area (Å²) >= 11 is 0. The Morgan fingerprint density at radius 2 is 2.11 bits per heavy atom. The summed E-state index contributed by atoms with van der Waals surface area (Å²) in [7, 11) is 0. The summed E-state index contributed by atoms with van der Waals surface area (Å²) in [5, 5.41) is 3.55. The second-order valence-corrected chi connectivity index (χ2v) is 5.39. The molecule has 0 saturated carbocycles. The zero-order valence-corrected chi connectivity index (χ0v) is 11.5. The summed E-state index contributed by atoms with van der Waals surface area (Å²) in [6.07, 6.45) is 7.94. The van der Waals surface area contributed by atoms with Gasteiger partial charge in [-0.25, -0.2) is 4.98 Å². The highest BCUT2D eigenvalue weighted by atomic mass is 15.2. The van der Waals surface area contributed by atoms with Gasteiger partial charge < -0.3 is 5.32 Å². The van der Waals surface area contributed by atoms with Gasteiger partial charge in [0.2, 0.25) is 0 Å². The molecule has 2 aromatic heterocycles.